The summed E-state index contributed by atoms with van der Waals surface area (Å²) >= 11 is 7.10. The molecule has 0 saturated carbocycles. The van der Waals surface area contributed by atoms with Crippen molar-refractivity contribution >= 4 is 23.4 Å². The molecule has 0 spiro atoms. The molecule has 1 rings (SSSR count). The molecule has 1 aromatic carbocycles. The van der Waals surface area contributed by atoms with Crippen LogP contribution in [0.3, 0.4) is 0 Å². The first kappa shape index (κ1) is 9.55. The molecule has 66 valence electrons. The maximum absolute atomic E-state index is 9.48. The fraction of sp³-hybridized carbons (Fsp3) is 0.250. The van der Waals surface area contributed by atoms with Gasteiger partial charge in [0.25, 0.3) is 0 Å². The molecule has 0 aliphatic heterocycles. The van der Waals surface area contributed by atoms with E-state index >= 15 is 0 Å². The normalized spacial score (nSPS) is 9.92. The summed E-state index contributed by atoms with van der Waals surface area (Å²) in [6, 6.07) is 3.34. The van der Waals surface area contributed by atoms with Gasteiger partial charge in [0.1, 0.15) is 5.75 Å². The second-order valence-electron chi connectivity index (χ2n) is 2.13. The highest BCUT2D eigenvalue weighted by atomic mass is 35.5. The van der Waals surface area contributed by atoms with E-state index in [4.69, 9.17) is 16.3 Å². The van der Waals surface area contributed by atoms with Crippen LogP contribution in [0.4, 0.5) is 0 Å². The summed E-state index contributed by atoms with van der Waals surface area (Å²) in [5.41, 5.74) is 0. The monoisotopic (exact) mass is 204 g/mol. The summed E-state index contributed by atoms with van der Waals surface area (Å²) in [6.45, 7) is 0. The predicted molar refractivity (Wildman–Crippen MR) is 51.4 cm³/mol. The number of phenolic OH excluding ortho intramolecular Hbond substituents is 1. The molecule has 12 heavy (non-hydrogen) atoms. The first-order valence-electron chi connectivity index (χ1n) is 3.30. The van der Waals surface area contributed by atoms with Crippen LogP contribution in [0.15, 0.2) is 17.0 Å². The van der Waals surface area contributed by atoms with Gasteiger partial charge in [-0.15, -0.1) is 11.8 Å². The fourth-order valence-corrected chi connectivity index (χ4v) is 1.76. The number of methoxy groups -OCH3 is 1. The van der Waals surface area contributed by atoms with Crippen molar-refractivity contribution in [3.63, 3.8) is 0 Å². The minimum absolute atomic E-state index is 0.0866. The van der Waals surface area contributed by atoms with Gasteiger partial charge in [-0.25, -0.2) is 0 Å². The Morgan fingerprint density at radius 1 is 1.50 bits per heavy atom. The molecule has 0 aliphatic rings. The Labute approximate surface area is 80.5 Å². The third-order valence-electron chi connectivity index (χ3n) is 1.47. The van der Waals surface area contributed by atoms with Gasteiger partial charge < -0.3 is 9.84 Å². The minimum atomic E-state index is 0.0866. The number of hydrogen-bond acceptors (Lipinski definition) is 3. The minimum Gasteiger partial charge on any atom is -0.505 e. The van der Waals surface area contributed by atoms with Crippen molar-refractivity contribution in [1.82, 2.24) is 0 Å². The van der Waals surface area contributed by atoms with Crippen molar-refractivity contribution in [2.45, 2.75) is 4.90 Å². The van der Waals surface area contributed by atoms with Gasteiger partial charge in [-0.3, -0.25) is 0 Å². The average Bonchev–Trinajstić information content (AvgIpc) is 2.09. The smallest absolute Gasteiger partial charge is 0.151 e. The van der Waals surface area contributed by atoms with Gasteiger partial charge in [0.15, 0.2) is 5.75 Å². The van der Waals surface area contributed by atoms with Crippen LogP contribution in [0.25, 0.3) is 0 Å². The molecule has 0 amide bonds. The number of hydrogen-bond donors (Lipinski definition) is 1. The summed E-state index contributed by atoms with van der Waals surface area (Å²) in [4.78, 5) is 0.671. The standard InChI is InChI=1S/C8H9ClO2S/c1-11-6-4-3-5(9)7(10)8(6)12-2/h3-4,10H,1-2H3. The van der Waals surface area contributed by atoms with E-state index in [0.717, 1.165) is 0 Å². The average molecular weight is 205 g/mol. The number of aromatic hydroxyl groups is 1. The Hall–Kier alpha value is -0.540. The fourth-order valence-electron chi connectivity index (χ4n) is 0.887. The van der Waals surface area contributed by atoms with Crippen molar-refractivity contribution in [3.05, 3.63) is 17.2 Å². The lowest BCUT2D eigenvalue weighted by molar-refractivity contribution is 0.392. The molecule has 2 nitrogen and oxygen atoms in total. The first-order valence-corrected chi connectivity index (χ1v) is 4.90. The van der Waals surface area contributed by atoms with Crippen LogP contribution in [0, 0.1) is 0 Å². The predicted octanol–water partition coefficient (Wildman–Crippen LogP) is 2.78. The van der Waals surface area contributed by atoms with E-state index in [-0.39, 0.29) is 5.75 Å². The van der Waals surface area contributed by atoms with E-state index < -0.39 is 0 Å². The molecule has 0 aliphatic carbocycles. The number of halogens is 1. The van der Waals surface area contributed by atoms with Crippen molar-refractivity contribution < 1.29 is 9.84 Å². The molecule has 4 heteroatoms. The molecular formula is C8H9ClO2S. The quantitative estimate of drug-likeness (QED) is 0.752. The Bertz CT molecular complexity index is 289. The maximum atomic E-state index is 9.48. The van der Waals surface area contributed by atoms with Gasteiger partial charge in [0.05, 0.1) is 17.0 Å². The third-order valence-corrected chi connectivity index (χ3v) is 2.58. The molecule has 0 aromatic heterocycles. The van der Waals surface area contributed by atoms with Gasteiger partial charge >= 0.3 is 0 Å². The van der Waals surface area contributed by atoms with Crippen LogP contribution >= 0.6 is 23.4 Å². The molecule has 0 atom stereocenters. The maximum Gasteiger partial charge on any atom is 0.151 e. The van der Waals surface area contributed by atoms with Crippen LogP contribution in [0.2, 0.25) is 5.02 Å². The summed E-state index contributed by atoms with van der Waals surface area (Å²) in [5.74, 6) is 0.730. The van der Waals surface area contributed by atoms with Crippen LogP contribution in [-0.2, 0) is 0 Å². The van der Waals surface area contributed by atoms with Gasteiger partial charge in [-0.1, -0.05) is 11.6 Å². The van der Waals surface area contributed by atoms with E-state index in [9.17, 15) is 5.11 Å². The van der Waals surface area contributed by atoms with E-state index in [1.807, 2.05) is 6.26 Å². The van der Waals surface area contributed by atoms with Crippen LogP contribution < -0.4 is 4.74 Å². The SMILES string of the molecule is COc1ccc(Cl)c(O)c1SC. The zero-order chi connectivity index (χ0) is 9.14. The Morgan fingerprint density at radius 3 is 2.67 bits per heavy atom. The summed E-state index contributed by atoms with van der Waals surface area (Å²) in [7, 11) is 1.56. The summed E-state index contributed by atoms with van der Waals surface area (Å²) < 4.78 is 5.03. The highest BCUT2D eigenvalue weighted by molar-refractivity contribution is 7.98. The second kappa shape index (κ2) is 3.92. The van der Waals surface area contributed by atoms with Gasteiger partial charge in [-0.2, -0.15) is 0 Å². The molecular weight excluding hydrogens is 196 g/mol. The van der Waals surface area contributed by atoms with Crippen molar-refractivity contribution in [1.29, 1.82) is 0 Å². The number of benzene rings is 1. The van der Waals surface area contributed by atoms with Gasteiger partial charge in [0, 0.05) is 0 Å². The number of rotatable bonds is 2. The number of ether oxygens (including phenoxy) is 1. The zero-order valence-corrected chi connectivity index (χ0v) is 8.37. The number of thioether (sulfide) groups is 1. The Balaban J connectivity index is 3.25. The largest absolute Gasteiger partial charge is 0.505 e. The lowest BCUT2D eigenvalue weighted by Crippen LogP contribution is -1.86. The van der Waals surface area contributed by atoms with E-state index in [1.54, 1.807) is 19.2 Å². The molecule has 0 bridgehead atoms. The molecule has 0 saturated heterocycles. The molecule has 0 radical (unpaired) electrons. The third kappa shape index (κ3) is 1.62. The van der Waals surface area contributed by atoms with Crippen LogP contribution in [0.1, 0.15) is 0 Å². The van der Waals surface area contributed by atoms with Crippen molar-refractivity contribution in [2.75, 3.05) is 13.4 Å². The van der Waals surface area contributed by atoms with Crippen molar-refractivity contribution in [3.8, 4) is 11.5 Å². The lowest BCUT2D eigenvalue weighted by Gasteiger charge is -2.08. The van der Waals surface area contributed by atoms with E-state index in [0.29, 0.717) is 15.7 Å². The molecule has 0 fully saturated rings. The Morgan fingerprint density at radius 2 is 2.17 bits per heavy atom. The topological polar surface area (TPSA) is 29.5 Å². The number of phenols is 1. The lowest BCUT2D eigenvalue weighted by atomic mass is 10.3. The van der Waals surface area contributed by atoms with Gasteiger partial charge in [0.2, 0.25) is 0 Å². The Kier molecular flexibility index (Phi) is 3.12. The molecule has 1 N–H and O–H groups in total. The first-order chi connectivity index (χ1) is 5.70. The summed E-state index contributed by atoms with van der Waals surface area (Å²) in [5, 5.41) is 9.82. The summed E-state index contributed by atoms with van der Waals surface area (Å²) in [6.07, 6.45) is 1.86. The van der Waals surface area contributed by atoms with E-state index in [2.05, 4.69) is 0 Å². The molecule has 1 aromatic rings. The van der Waals surface area contributed by atoms with E-state index in [1.165, 1.54) is 11.8 Å². The van der Waals surface area contributed by atoms with Crippen LogP contribution in [-0.4, -0.2) is 18.5 Å². The van der Waals surface area contributed by atoms with Crippen LogP contribution in [0.5, 0.6) is 11.5 Å². The zero-order valence-electron chi connectivity index (χ0n) is 6.80. The molecule has 0 heterocycles. The molecule has 0 unspecified atom stereocenters. The highest BCUT2D eigenvalue weighted by Crippen LogP contribution is 2.40. The second-order valence-corrected chi connectivity index (χ2v) is 3.36. The highest BCUT2D eigenvalue weighted by Gasteiger charge is 2.10. The van der Waals surface area contributed by atoms with Gasteiger partial charge in [-0.05, 0) is 18.4 Å². The van der Waals surface area contributed by atoms with Crippen molar-refractivity contribution in [2.24, 2.45) is 0 Å².